The topological polar surface area (TPSA) is 44.9 Å². The van der Waals surface area contributed by atoms with Crippen LogP contribution < -0.4 is 4.74 Å². The van der Waals surface area contributed by atoms with E-state index in [0.717, 1.165) is 83.6 Å². The third kappa shape index (κ3) is 7.90. The first kappa shape index (κ1) is 42.5. The van der Waals surface area contributed by atoms with Gasteiger partial charge < -0.3 is 13.9 Å². The van der Waals surface area contributed by atoms with Crippen molar-refractivity contribution >= 4 is 21.8 Å². The second-order valence-electron chi connectivity index (χ2n) is 18.2. The van der Waals surface area contributed by atoms with E-state index in [0.29, 0.717) is 11.5 Å². The molecule has 0 bridgehead atoms. The van der Waals surface area contributed by atoms with Gasteiger partial charge in [-0.1, -0.05) is 174 Å². The van der Waals surface area contributed by atoms with Crippen molar-refractivity contribution in [2.24, 2.45) is 0 Å². The summed E-state index contributed by atoms with van der Waals surface area (Å²) in [7, 11) is 0. The molecule has 0 spiro atoms. The summed E-state index contributed by atoms with van der Waals surface area (Å²) in [6, 6.07) is 65.0. The van der Waals surface area contributed by atoms with Crippen molar-refractivity contribution in [1.29, 1.82) is 0 Å². The Labute approximate surface area is 390 Å². The number of hydrogen-bond donors (Lipinski definition) is 0. The summed E-state index contributed by atoms with van der Waals surface area (Å²) >= 11 is 0. The Morgan fingerprint density at radius 3 is 1.89 bits per heavy atom. The van der Waals surface area contributed by atoms with Gasteiger partial charge in [-0.2, -0.15) is 6.07 Å². The van der Waals surface area contributed by atoms with E-state index in [4.69, 9.17) is 14.7 Å². The monoisotopic (exact) mass is 1010 g/mol. The van der Waals surface area contributed by atoms with Crippen molar-refractivity contribution in [3.8, 4) is 67.8 Å². The summed E-state index contributed by atoms with van der Waals surface area (Å²) in [6.07, 6.45) is 5.80. The van der Waals surface area contributed by atoms with E-state index >= 15 is 0 Å². The molecule has 0 radical (unpaired) electrons. The van der Waals surface area contributed by atoms with Crippen LogP contribution in [0.2, 0.25) is 0 Å². The van der Waals surface area contributed by atoms with E-state index in [2.05, 4.69) is 221 Å². The first-order valence-corrected chi connectivity index (χ1v) is 21.6. The summed E-state index contributed by atoms with van der Waals surface area (Å²) in [5.41, 5.74) is 12.7. The number of rotatable bonds is 8. The summed E-state index contributed by atoms with van der Waals surface area (Å²) in [6.45, 7) is 13.3. The fourth-order valence-corrected chi connectivity index (χ4v) is 8.85. The standard InChI is InChI=1S/C58H48N4O.Pt/c1-57(2,3)48-25-14-16-27-51(48)61-35-34-60-56(61)42-28-31-49(58(4,5)6)53(36-42)63-43-29-30-47-46-22-13-15-26-50(46)62(52(47)38-43)54-37-41(32-33-59-54)55-44(39-18-9-7-10-19-39)23-17-24-45(55)40-20-11-8-12-21-40;/h7-35,37H,1-6H3;/q-2;+2. The number of para-hydroxylation sites is 2. The zero-order chi connectivity index (χ0) is 43.3. The Hall–Kier alpha value is -6.81. The molecule has 0 atom stereocenters. The molecule has 316 valence electrons. The maximum absolute atomic E-state index is 6.93. The molecule has 10 rings (SSSR count). The first-order chi connectivity index (χ1) is 30.5. The minimum absolute atomic E-state index is 0. The van der Waals surface area contributed by atoms with Gasteiger partial charge in [0.15, 0.2) is 0 Å². The van der Waals surface area contributed by atoms with Crippen LogP contribution in [0.1, 0.15) is 52.7 Å². The molecular weight excluding hydrogens is 964 g/mol. The summed E-state index contributed by atoms with van der Waals surface area (Å²) < 4.78 is 11.3. The minimum atomic E-state index is -0.226. The van der Waals surface area contributed by atoms with Crippen LogP contribution in [0.25, 0.3) is 78.1 Å². The van der Waals surface area contributed by atoms with Gasteiger partial charge in [0.1, 0.15) is 5.82 Å². The number of ether oxygens (including phenoxy) is 1. The van der Waals surface area contributed by atoms with Gasteiger partial charge in [-0.3, -0.25) is 4.98 Å². The maximum Gasteiger partial charge on any atom is 2.00 e. The van der Waals surface area contributed by atoms with Crippen molar-refractivity contribution in [2.45, 2.75) is 52.4 Å². The number of benzene rings is 7. The summed E-state index contributed by atoms with van der Waals surface area (Å²) in [5.74, 6) is 2.82. The van der Waals surface area contributed by atoms with Gasteiger partial charge in [-0.25, -0.2) is 4.98 Å². The third-order valence-corrected chi connectivity index (χ3v) is 11.8. The number of pyridine rings is 1. The minimum Gasteiger partial charge on any atom is -0.503 e. The van der Waals surface area contributed by atoms with Gasteiger partial charge in [-0.05, 0) is 79.4 Å². The molecule has 0 aliphatic rings. The van der Waals surface area contributed by atoms with Gasteiger partial charge in [0, 0.05) is 41.3 Å². The fourth-order valence-electron chi connectivity index (χ4n) is 8.85. The second kappa shape index (κ2) is 17.0. The molecule has 0 saturated heterocycles. The van der Waals surface area contributed by atoms with Crippen LogP contribution in [0.3, 0.4) is 0 Å². The molecule has 0 saturated carbocycles. The molecule has 3 aromatic heterocycles. The fraction of sp³-hybridized carbons (Fsp3) is 0.138. The number of imidazole rings is 1. The zero-order valence-electron chi connectivity index (χ0n) is 36.8. The summed E-state index contributed by atoms with van der Waals surface area (Å²) in [4.78, 5) is 9.92. The zero-order valence-corrected chi connectivity index (χ0v) is 39.1. The quantitative estimate of drug-likeness (QED) is 0.143. The van der Waals surface area contributed by atoms with Crippen LogP contribution in [0.5, 0.6) is 11.5 Å². The Morgan fingerprint density at radius 1 is 0.531 bits per heavy atom. The predicted molar refractivity (Wildman–Crippen MR) is 259 cm³/mol. The third-order valence-electron chi connectivity index (χ3n) is 11.8. The van der Waals surface area contributed by atoms with Gasteiger partial charge in [0.05, 0.1) is 5.82 Å². The van der Waals surface area contributed by atoms with Crippen molar-refractivity contribution < 1.29 is 25.8 Å². The van der Waals surface area contributed by atoms with Crippen LogP contribution in [0, 0.1) is 12.1 Å². The Balaban J connectivity index is 0.00000518. The van der Waals surface area contributed by atoms with Crippen molar-refractivity contribution in [3.05, 3.63) is 206 Å². The molecule has 0 N–H and O–H groups in total. The molecule has 7 aromatic carbocycles. The molecule has 0 amide bonds. The van der Waals surface area contributed by atoms with Crippen LogP contribution >= 0.6 is 0 Å². The molecule has 0 aliphatic heterocycles. The molecule has 5 nitrogen and oxygen atoms in total. The molecule has 0 fully saturated rings. The van der Waals surface area contributed by atoms with Crippen molar-refractivity contribution in [1.82, 2.24) is 19.1 Å². The smallest absolute Gasteiger partial charge is 0.503 e. The molecule has 64 heavy (non-hydrogen) atoms. The van der Waals surface area contributed by atoms with E-state index in [9.17, 15) is 0 Å². The summed E-state index contributed by atoms with van der Waals surface area (Å²) in [5, 5.41) is 2.18. The van der Waals surface area contributed by atoms with Crippen molar-refractivity contribution in [3.63, 3.8) is 0 Å². The van der Waals surface area contributed by atoms with Crippen LogP contribution in [-0.2, 0) is 31.9 Å². The second-order valence-corrected chi connectivity index (χ2v) is 18.2. The SMILES string of the molecule is CC(C)(C)c1ccc(-c2nccn2-c2ccccc2C(C)(C)C)[c-]c1Oc1[c-]c2c(cc1)c1ccccc1n2-c1cc(-c2c(-c3ccccc3)cccc2-c2ccccc2)ccn1.[Pt+2]. The first-order valence-electron chi connectivity index (χ1n) is 21.6. The number of aromatic nitrogens is 4. The van der Waals surface area contributed by atoms with Gasteiger partial charge in [-0.15, -0.1) is 35.2 Å². The van der Waals surface area contributed by atoms with E-state index in [1.165, 1.54) is 5.56 Å². The molecule has 3 heterocycles. The van der Waals surface area contributed by atoms with E-state index in [-0.39, 0.29) is 31.9 Å². The molecule has 0 unspecified atom stereocenters. The van der Waals surface area contributed by atoms with Crippen LogP contribution in [0.15, 0.2) is 182 Å². The Bertz CT molecular complexity index is 3220. The normalized spacial score (nSPS) is 11.8. The number of fused-ring (bicyclic) bond motifs is 3. The van der Waals surface area contributed by atoms with E-state index in [1.807, 2.05) is 24.7 Å². The van der Waals surface area contributed by atoms with E-state index < -0.39 is 0 Å². The molecule has 10 aromatic rings. The molecular formula is C58H48N4OPt. The van der Waals surface area contributed by atoms with Gasteiger partial charge in [0.2, 0.25) is 0 Å². The predicted octanol–water partition coefficient (Wildman–Crippen LogP) is 15.0. The average molecular weight is 1010 g/mol. The van der Waals surface area contributed by atoms with Gasteiger partial charge in [0.25, 0.3) is 0 Å². The Morgan fingerprint density at radius 2 is 1.19 bits per heavy atom. The molecule has 0 aliphatic carbocycles. The van der Waals surface area contributed by atoms with Crippen molar-refractivity contribution in [2.75, 3.05) is 0 Å². The van der Waals surface area contributed by atoms with Crippen LogP contribution in [0.4, 0.5) is 0 Å². The number of hydrogen-bond acceptors (Lipinski definition) is 3. The molecule has 6 heteroatoms. The largest absolute Gasteiger partial charge is 2.00 e. The maximum atomic E-state index is 6.93. The van der Waals surface area contributed by atoms with Crippen LogP contribution in [-0.4, -0.2) is 19.1 Å². The van der Waals surface area contributed by atoms with E-state index in [1.54, 1.807) is 0 Å². The van der Waals surface area contributed by atoms with Gasteiger partial charge >= 0.3 is 21.1 Å². The average Bonchev–Trinajstić information content (AvgIpc) is 3.92. The number of nitrogens with zero attached hydrogens (tertiary/aromatic N) is 4. The Kier molecular flexibility index (Phi) is 11.3.